The van der Waals surface area contributed by atoms with Crippen LogP contribution in [0.2, 0.25) is 0 Å². The van der Waals surface area contributed by atoms with Gasteiger partial charge in [-0.15, -0.1) is 0 Å². The van der Waals surface area contributed by atoms with Gasteiger partial charge in [-0.3, -0.25) is 0 Å². The summed E-state index contributed by atoms with van der Waals surface area (Å²) in [5.74, 6) is 0.649. The third-order valence-corrected chi connectivity index (χ3v) is 3.18. The SMILES string of the molecule is CC=C1CCS(=O)(=O)C1. The molecule has 0 N–H and O–H groups in total. The van der Waals surface area contributed by atoms with Crippen molar-refractivity contribution < 1.29 is 8.42 Å². The highest BCUT2D eigenvalue weighted by Crippen LogP contribution is 2.16. The van der Waals surface area contributed by atoms with Crippen LogP contribution in [-0.2, 0) is 9.84 Å². The molecule has 1 rings (SSSR count). The van der Waals surface area contributed by atoms with Gasteiger partial charge in [0.1, 0.15) is 0 Å². The minimum atomic E-state index is -2.68. The minimum Gasteiger partial charge on any atom is -0.228 e. The topological polar surface area (TPSA) is 34.1 Å². The molecule has 1 fully saturated rings. The fourth-order valence-corrected chi connectivity index (χ4v) is 2.53. The molecule has 1 aliphatic rings. The second-order valence-corrected chi connectivity index (χ2v) is 4.47. The average molecular weight is 146 g/mol. The Labute approximate surface area is 55.5 Å². The number of rotatable bonds is 0. The van der Waals surface area contributed by atoms with Crippen molar-refractivity contribution in [3.8, 4) is 0 Å². The molecule has 0 radical (unpaired) electrons. The van der Waals surface area contributed by atoms with Crippen LogP contribution in [-0.4, -0.2) is 19.9 Å². The zero-order chi connectivity index (χ0) is 6.91. The molecule has 0 unspecified atom stereocenters. The van der Waals surface area contributed by atoms with Gasteiger partial charge in [-0.2, -0.15) is 0 Å². The maximum absolute atomic E-state index is 10.8. The lowest BCUT2D eigenvalue weighted by atomic mass is 10.2. The Morgan fingerprint density at radius 2 is 2.22 bits per heavy atom. The largest absolute Gasteiger partial charge is 0.228 e. The van der Waals surface area contributed by atoms with E-state index >= 15 is 0 Å². The molecular weight excluding hydrogens is 136 g/mol. The fraction of sp³-hybridized carbons (Fsp3) is 0.667. The zero-order valence-corrected chi connectivity index (χ0v) is 6.24. The van der Waals surface area contributed by atoms with Crippen LogP contribution in [0.3, 0.4) is 0 Å². The summed E-state index contributed by atoms with van der Waals surface area (Å²) in [6.45, 7) is 1.89. The minimum absolute atomic E-state index is 0.295. The van der Waals surface area contributed by atoms with E-state index in [1.165, 1.54) is 0 Å². The Balaban J connectivity index is 2.81. The van der Waals surface area contributed by atoms with Crippen LogP contribution in [0.15, 0.2) is 11.6 Å². The van der Waals surface area contributed by atoms with Crippen molar-refractivity contribution in [2.45, 2.75) is 13.3 Å². The zero-order valence-electron chi connectivity index (χ0n) is 5.42. The highest BCUT2D eigenvalue weighted by atomic mass is 32.2. The lowest BCUT2D eigenvalue weighted by Gasteiger charge is -1.85. The molecule has 0 amide bonds. The van der Waals surface area contributed by atoms with Gasteiger partial charge >= 0.3 is 0 Å². The van der Waals surface area contributed by atoms with Gasteiger partial charge in [0.15, 0.2) is 9.84 Å². The molecular formula is C6H10O2S. The molecule has 0 aliphatic carbocycles. The summed E-state index contributed by atoms with van der Waals surface area (Å²) >= 11 is 0. The van der Waals surface area contributed by atoms with Crippen LogP contribution < -0.4 is 0 Å². The number of sulfone groups is 1. The molecule has 1 heterocycles. The van der Waals surface area contributed by atoms with Crippen molar-refractivity contribution in [3.05, 3.63) is 11.6 Å². The Morgan fingerprint density at radius 3 is 2.44 bits per heavy atom. The first kappa shape index (κ1) is 6.81. The monoisotopic (exact) mass is 146 g/mol. The molecule has 1 saturated heterocycles. The third-order valence-electron chi connectivity index (χ3n) is 1.55. The molecule has 3 heteroatoms. The molecule has 0 atom stereocenters. The van der Waals surface area contributed by atoms with Crippen molar-refractivity contribution in [1.82, 2.24) is 0 Å². The van der Waals surface area contributed by atoms with Gasteiger partial charge in [0.25, 0.3) is 0 Å². The lowest BCUT2D eigenvalue weighted by Crippen LogP contribution is -1.99. The standard InChI is InChI=1S/C6H10O2S/c1-2-6-3-4-9(7,8)5-6/h2H,3-5H2,1H3. The van der Waals surface area contributed by atoms with Crippen LogP contribution >= 0.6 is 0 Å². The summed E-state index contributed by atoms with van der Waals surface area (Å²) in [7, 11) is -2.68. The van der Waals surface area contributed by atoms with Crippen LogP contribution in [0, 0.1) is 0 Å². The second kappa shape index (κ2) is 2.14. The molecule has 2 nitrogen and oxygen atoms in total. The maximum Gasteiger partial charge on any atom is 0.154 e. The molecule has 0 bridgehead atoms. The number of hydrogen-bond donors (Lipinski definition) is 0. The molecule has 9 heavy (non-hydrogen) atoms. The van der Waals surface area contributed by atoms with Gasteiger partial charge in [0.2, 0.25) is 0 Å². The molecule has 52 valence electrons. The molecule has 1 aliphatic heterocycles. The number of allylic oxidation sites excluding steroid dienone is 1. The highest BCUT2D eigenvalue weighted by molar-refractivity contribution is 7.91. The average Bonchev–Trinajstić information content (AvgIpc) is 2.10. The molecule has 0 spiro atoms. The Kier molecular flexibility index (Phi) is 1.62. The normalized spacial score (nSPS) is 29.2. The summed E-state index contributed by atoms with van der Waals surface area (Å²) in [6.07, 6.45) is 2.64. The Morgan fingerprint density at radius 1 is 1.56 bits per heavy atom. The smallest absolute Gasteiger partial charge is 0.154 e. The van der Waals surface area contributed by atoms with E-state index in [-0.39, 0.29) is 0 Å². The predicted molar refractivity (Wildman–Crippen MR) is 37.0 cm³/mol. The van der Waals surface area contributed by atoms with Crippen LogP contribution in [0.5, 0.6) is 0 Å². The van der Waals surface area contributed by atoms with Crippen LogP contribution in [0.25, 0.3) is 0 Å². The summed E-state index contributed by atoms with van der Waals surface area (Å²) < 4.78 is 21.5. The van der Waals surface area contributed by atoms with Crippen molar-refractivity contribution in [1.29, 1.82) is 0 Å². The Hall–Kier alpha value is -0.310. The van der Waals surface area contributed by atoms with E-state index in [4.69, 9.17) is 0 Å². The van der Waals surface area contributed by atoms with Crippen molar-refractivity contribution in [3.63, 3.8) is 0 Å². The summed E-state index contributed by atoms with van der Waals surface area (Å²) in [5, 5.41) is 0. The van der Waals surface area contributed by atoms with E-state index in [2.05, 4.69) is 0 Å². The highest BCUT2D eigenvalue weighted by Gasteiger charge is 2.20. The first-order valence-corrected chi connectivity index (χ1v) is 4.81. The summed E-state index contributed by atoms with van der Waals surface area (Å²) in [6, 6.07) is 0. The van der Waals surface area contributed by atoms with Gasteiger partial charge in [-0.1, -0.05) is 11.6 Å². The number of hydrogen-bond acceptors (Lipinski definition) is 2. The first-order chi connectivity index (χ1) is 4.14. The quantitative estimate of drug-likeness (QED) is 0.473. The molecule has 0 aromatic rings. The van der Waals surface area contributed by atoms with E-state index < -0.39 is 9.84 Å². The summed E-state index contributed by atoms with van der Waals surface area (Å²) in [5.41, 5.74) is 1.06. The van der Waals surface area contributed by atoms with E-state index in [1.54, 1.807) is 0 Å². The van der Waals surface area contributed by atoms with Crippen molar-refractivity contribution in [2.75, 3.05) is 11.5 Å². The third kappa shape index (κ3) is 1.55. The Bertz CT molecular complexity index is 223. The van der Waals surface area contributed by atoms with Gasteiger partial charge in [0.05, 0.1) is 11.5 Å². The van der Waals surface area contributed by atoms with Gasteiger partial charge < -0.3 is 0 Å². The van der Waals surface area contributed by atoms with Crippen LogP contribution in [0.1, 0.15) is 13.3 Å². The molecule has 0 saturated carbocycles. The van der Waals surface area contributed by atoms with E-state index in [0.717, 1.165) is 12.0 Å². The van der Waals surface area contributed by atoms with E-state index in [9.17, 15) is 8.42 Å². The molecule has 0 aromatic carbocycles. The van der Waals surface area contributed by atoms with Gasteiger partial charge in [-0.25, -0.2) is 8.42 Å². The van der Waals surface area contributed by atoms with E-state index in [0.29, 0.717) is 11.5 Å². The second-order valence-electron chi connectivity index (χ2n) is 2.29. The molecule has 0 aromatic heterocycles. The van der Waals surface area contributed by atoms with Crippen molar-refractivity contribution >= 4 is 9.84 Å². The first-order valence-electron chi connectivity index (χ1n) is 2.98. The predicted octanol–water partition coefficient (Wildman–Crippen LogP) is 0.751. The van der Waals surface area contributed by atoms with E-state index in [1.807, 2.05) is 13.0 Å². The van der Waals surface area contributed by atoms with Gasteiger partial charge in [0, 0.05) is 0 Å². The summed E-state index contributed by atoms with van der Waals surface area (Å²) in [4.78, 5) is 0. The maximum atomic E-state index is 10.8. The van der Waals surface area contributed by atoms with Gasteiger partial charge in [-0.05, 0) is 13.3 Å². The van der Waals surface area contributed by atoms with Crippen LogP contribution in [0.4, 0.5) is 0 Å². The van der Waals surface area contributed by atoms with Crippen molar-refractivity contribution in [2.24, 2.45) is 0 Å². The lowest BCUT2D eigenvalue weighted by molar-refractivity contribution is 0.602. The fourth-order valence-electron chi connectivity index (χ4n) is 0.941.